The monoisotopic (exact) mass is 214 g/mol. The minimum Gasteiger partial charge on any atom is -0.469 e. The molecule has 0 aliphatic carbocycles. The van der Waals surface area contributed by atoms with E-state index in [0.29, 0.717) is 12.8 Å². The van der Waals surface area contributed by atoms with Crippen LogP contribution in [0.1, 0.15) is 33.1 Å². The zero-order chi connectivity index (χ0) is 11.9. The highest BCUT2D eigenvalue weighted by atomic mass is 16.6. The van der Waals surface area contributed by atoms with Gasteiger partial charge in [-0.2, -0.15) is 0 Å². The summed E-state index contributed by atoms with van der Waals surface area (Å²) in [6, 6.07) is 0. The molecule has 86 valence electrons. The Hall–Kier alpha value is -1.32. The molecule has 0 spiro atoms. The van der Waals surface area contributed by atoms with Crippen LogP contribution in [0, 0.1) is 0 Å². The van der Waals surface area contributed by atoms with Crippen LogP contribution in [0.5, 0.6) is 0 Å². The van der Waals surface area contributed by atoms with Crippen LogP contribution in [0.15, 0.2) is 12.7 Å². The first-order valence-electron chi connectivity index (χ1n) is 4.89. The van der Waals surface area contributed by atoms with Crippen LogP contribution in [0.3, 0.4) is 0 Å². The van der Waals surface area contributed by atoms with Crippen LogP contribution in [0.25, 0.3) is 0 Å². The van der Waals surface area contributed by atoms with E-state index in [4.69, 9.17) is 4.74 Å². The Kier molecular flexibility index (Phi) is 5.67. The van der Waals surface area contributed by atoms with E-state index in [9.17, 15) is 9.59 Å². The minimum absolute atomic E-state index is 0.241. The number of hydrogen-bond acceptors (Lipinski definition) is 4. The Morgan fingerprint density at radius 3 is 2.47 bits per heavy atom. The lowest BCUT2D eigenvalue weighted by Crippen LogP contribution is -2.31. The third-order valence-corrected chi connectivity index (χ3v) is 2.35. The van der Waals surface area contributed by atoms with Crippen LogP contribution in [0.2, 0.25) is 0 Å². The second-order valence-electron chi connectivity index (χ2n) is 3.50. The van der Waals surface area contributed by atoms with E-state index in [-0.39, 0.29) is 12.4 Å². The fraction of sp³-hybridized carbons (Fsp3) is 0.636. The first-order valence-corrected chi connectivity index (χ1v) is 4.89. The molecule has 0 heterocycles. The molecule has 1 atom stereocenters. The largest absolute Gasteiger partial charge is 0.469 e. The molecular formula is C11H18O4. The van der Waals surface area contributed by atoms with E-state index < -0.39 is 11.6 Å². The second kappa shape index (κ2) is 6.22. The number of ether oxygens (including phenoxy) is 2. The fourth-order valence-corrected chi connectivity index (χ4v) is 1.05. The zero-order valence-corrected chi connectivity index (χ0v) is 9.54. The Labute approximate surface area is 90.2 Å². The van der Waals surface area contributed by atoms with Crippen molar-refractivity contribution < 1.29 is 19.1 Å². The normalized spacial score (nSPS) is 13.8. The van der Waals surface area contributed by atoms with Crippen molar-refractivity contribution in [3.8, 4) is 0 Å². The van der Waals surface area contributed by atoms with Gasteiger partial charge in [0.05, 0.1) is 7.11 Å². The van der Waals surface area contributed by atoms with Crippen molar-refractivity contribution in [2.75, 3.05) is 7.11 Å². The van der Waals surface area contributed by atoms with E-state index in [1.807, 2.05) is 6.92 Å². The SMILES string of the molecule is C=CC(=O)OC(C)(CC)CCC(=O)OC. The molecule has 15 heavy (non-hydrogen) atoms. The van der Waals surface area contributed by atoms with Gasteiger partial charge in [0.25, 0.3) is 0 Å². The van der Waals surface area contributed by atoms with Gasteiger partial charge in [0.15, 0.2) is 0 Å². The van der Waals surface area contributed by atoms with Crippen molar-refractivity contribution in [3.05, 3.63) is 12.7 Å². The lowest BCUT2D eigenvalue weighted by molar-refractivity contribution is -0.155. The molecule has 0 aliphatic rings. The highest BCUT2D eigenvalue weighted by Crippen LogP contribution is 2.22. The van der Waals surface area contributed by atoms with Gasteiger partial charge in [-0.15, -0.1) is 0 Å². The van der Waals surface area contributed by atoms with Gasteiger partial charge in [-0.3, -0.25) is 4.79 Å². The van der Waals surface area contributed by atoms with Crippen LogP contribution in [-0.2, 0) is 19.1 Å². The predicted molar refractivity (Wildman–Crippen MR) is 56.2 cm³/mol. The summed E-state index contributed by atoms with van der Waals surface area (Å²) < 4.78 is 9.69. The van der Waals surface area contributed by atoms with Gasteiger partial charge in [0.1, 0.15) is 5.60 Å². The third-order valence-electron chi connectivity index (χ3n) is 2.35. The third kappa shape index (κ3) is 5.20. The number of rotatable bonds is 6. The lowest BCUT2D eigenvalue weighted by atomic mass is 9.97. The second-order valence-corrected chi connectivity index (χ2v) is 3.50. The van der Waals surface area contributed by atoms with Crippen molar-refractivity contribution in [2.45, 2.75) is 38.7 Å². The smallest absolute Gasteiger partial charge is 0.330 e. The number of carbonyl (C=O) groups excluding carboxylic acids is 2. The molecule has 0 fully saturated rings. The van der Waals surface area contributed by atoms with Crippen molar-refractivity contribution in [1.82, 2.24) is 0 Å². The number of esters is 2. The molecule has 0 aliphatic heterocycles. The molecule has 0 saturated heterocycles. The minimum atomic E-state index is -0.626. The summed E-state index contributed by atoms with van der Waals surface area (Å²) in [5, 5.41) is 0. The van der Waals surface area contributed by atoms with E-state index in [1.165, 1.54) is 7.11 Å². The van der Waals surface area contributed by atoms with Crippen molar-refractivity contribution in [2.24, 2.45) is 0 Å². The summed E-state index contributed by atoms with van der Waals surface area (Å²) in [7, 11) is 1.33. The van der Waals surface area contributed by atoms with E-state index in [2.05, 4.69) is 11.3 Å². The molecule has 0 aromatic rings. The van der Waals surface area contributed by atoms with Gasteiger partial charge in [-0.1, -0.05) is 13.5 Å². The summed E-state index contributed by atoms with van der Waals surface area (Å²) in [6.45, 7) is 7.01. The number of hydrogen-bond donors (Lipinski definition) is 0. The average Bonchev–Trinajstić information content (AvgIpc) is 2.25. The summed E-state index contributed by atoms with van der Waals surface area (Å²) >= 11 is 0. The summed E-state index contributed by atoms with van der Waals surface area (Å²) in [5.41, 5.74) is -0.626. The molecule has 4 nitrogen and oxygen atoms in total. The molecule has 0 amide bonds. The molecule has 0 aromatic carbocycles. The van der Waals surface area contributed by atoms with Crippen LogP contribution in [0.4, 0.5) is 0 Å². The van der Waals surface area contributed by atoms with Crippen molar-refractivity contribution in [3.63, 3.8) is 0 Å². The van der Waals surface area contributed by atoms with Crippen LogP contribution in [-0.4, -0.2) is 24.6 Å². The molecule has 0 N–H and O–H groups in total. The summed E-state index contributed by atoms with van der Waals surface area (Å²) in [4.78, 5) is 22.0. The summed E-state index contributed by atoms with van der Waals surface area (Å²) in [5.74, 6) is -0.770. The Morgan fingerprint density at radius 1 is 1.47 bits per heavy atom. The van der Waals surface area contributed by atoms with E-state index >= 15 is 0 Å². The summed E-state index contributed by atoms with van der Waals surface area (Å²) in [6.07, 6.45) is 2.46. The standard InChI is InChI=1S/C11H18O4/c1-5-9(12)15-11(3,6-2)8-7-10(13)14-4/h5H,1,6-8H2,2-4H3. The fourth-order valence-electron chi connectivity index (χ4n) is 1.05. The molecule has 0 saturated carbocycles. The highest BCUT2D eigenvalue weighted by molar-refractivity contribution is 5.81. The topological polar surface area (TPSA) is 52.6 Å². The first-order chi connectivity index (χ1) is 6.97. The van der Waals surface area contributed by atoms with E-state index in [0.717, 1.165) is 6.08 Å². The van der Waals surface area contributed by atoms with Gasteiger partial charge in [0.2, 0.25) is 0 Å². The van der Waals surface area contributed by atoms with Crippen molar-refractivity contribution >= 4 is 11.9 Å². The van der Waals surface area contributed by atoms with Crippen LogP contribution < -0.4 is 0 Å². The van der Waals surface area contributed by atoms with Gasteiger partial charge in [0, 0.05) is 12.5 Å². The van der Waals surface area contributed by atoms with Gasteiger partial charge in [-0.05, 0) is 19.8 Å². The van der Waals surface area contributed by atoms with Crippen molar-refractivity contribution in [1.29, 1.82) is 0 Å². The highest BCUT2D eigenvalue weighted by Gasteiger charge is 2.26. The molecule has 0 aromatic heterocycles. The predicted octanol–water partition coefficient (Wildman–Crippen LogP) is 1.84. The molecule has 0 rings (SSSR count). The zero-order valence-electron chi connectivity index (χ0n) is 9.54. The average molecular weight is 214 g/mol. The van der Waals surface area contributed by atoms with Crippen LogP contribution >= 0.6 is 0 Å². The van der Waals surface area contributed by atoms with Gasteiger partial charge in [-0.25, -0.2) is 4.79 Å². The Balaban J connectivity index is 4.24. The number of carbonyl (C=O) groups is 2. The first kappa shape index (κ1) is 13.7. The quantitative estimate of drug-likeness (QED) is 0.500. The van der Waals surface area contributed by atoms with E-state index in [1.54, 1.807) is 6.92 Å². The molecule has 4 heteroatoms. The molecule has 0 bridgehead atoms. The molecule has 1 unspecified atom stereocenters. The maximum Gasteiger partial charge on any atom is 0.330 e. The number of methoxy groups -OCH3 is 1. The maximum atomic E-state index is 11.0. The lowest BCUT2D eigenvalue weighted by Gasteiger charge is -2.27. The van der Waals surface area contributed by atoms with Gasteiger partial charge >= 0.3 is 11.9 Å². The Bertz CT molecular complexity index is 247. The molecular weight excluding hydrogens is 196 g/mol. The molecule has 0 radical (unpaired) electrons. The maximum absolute atomic E-state index is 11.0. The van der Waals surface area contributed by atoms with Gasteiger partial charge < -0.3 is 9.47 Å². The Morgan fingerprint density at radius 2 is 2.07 bits per heavy atom.